The van der Waals surface area contributed by atoms with Crippen LogP contribution < -0.4 is 0 Å². The second-order valence-electron chi connectivity index (χ2n) is 5.56. The molecule has 0 aromatic heterocycles. The van der Waals surface area contributed by atoms with Crippen LogP contribution in [0, 0.1) is 5.92 Å². The fourth-order valence-corrected chi connectivity index (χ4v) is 1.55. The maximum absolute atomic E-state index is 10.3. The van der Waals surface area contributed by atoms with Gasteiger partial charge in [-0.3, -0.25) is 4.79 Å². The highest BCUT2D eigenvalue weighted by Crippen LogP contribution is 2.07. The van der Waals surface area contributed by atoms with E-state index < -0.39 is 0 Å². The van der Waals surface area contributed by atoms with E-state index in [1.807, 2.05) is 25.2 Å². The van der Waals surface area contributed by atoms with Gasteiger partial charge < -0.3 is 0 Å². The minimum atomic E-state index is 0.540. The van der Waals surface area contributed by atoms with Crippen molar-refractivity contribution in [2.75, 3.05) is 0 Å². The lowest BCUT2D eigenvalue weighted by Crippen LogP contribution is -1.85. The van der Waals surface area contributed by atoms with Crippen LogP contribution >= 0.6 is 0 Å². The van der Waals surface area contributed by atoms with Crippen LogP contribution in [-0.2, 0) is 4.79 Å². The predicted molar refractivity (Wildman–Crippen MR) is 94.2 cm³/mol. The summed E-state index contributed by atoms with van der Waals surface area (Å²) in [4.78, 5) is 10.3. The largest absolute Gasteiger partial charge is 0.299 e. The van der Waals surface area contributed by atoms with Crippen LogP contribution in [0.15, 0.2) is 71.4 Å². The molecule has 0 amide bonds. The van der Waals surface area contributed by atoms with Crippen LogP contribution in [0.4, 0.5) is 0 Å². The molecule has 114 valence electrons. The van der Waals surface area contributed by atoms with Gasteiger partial charge in [-0.15, -0.1) is 0 Å². The molecule has 1 unspecified atom stereocenters. The number of allylic oxidation sites excluding steroid dienone is 12. The monoisotopic (exact) mass is 284 g/mol. The molecule has 0 bridgehead atoms. The summed E-state index contributed by atoms with van der Waals surface area (Å²) in [7, 11) is 0. The predicted octanol–water partition coefficient (Wildman–Crippen LogP) is 5.74. The van der Waals surface area contributed by atoms with E-state index in [0.717, 1.165) is 18.3 Å². The van der Waals surface area contributed by atoms with Crippen molar-refractivity contribution < 1.29 is 4.79 Å². The molecule has 0 aliphatic rings. The summed E-state index contributed by atoms with van der Waals surface area (Å²) < 4.78 is 0. The summed E-state index contributed by atoms with van der Waals surface area (Å²) in [6, 6.07) is 0. The summed E-state index contributed by atoms with van der Waals surface area (Å²) in [5.74, 6) is 0.540. The quantitative estimate of drug-likeness (QED) is 0.315. The Balaban J connectivity index is 4.29. The minimum absolute atomic E-state index is 0.540. The lowest BCUT2D eigenvalue weighted by atomic mass is 10.1. The van der Waals surface area contributed by atoms with E-state index in [1.165, 1.54) is 11.1 Å². The van der Waals surface area contributed by atoms with Crippen LogP contribution in [0.25, 0.3) is 0 Å². The van der Waals surface area contributed by atoms with E-state index >= 15 is 0 Å². The molecule has 1 nitrogen and oxygen atoms in total. The lowest BCUT2D eigenvalue weighted by Gasteiger charge is -2.00. The average molecular weight is 284 g/mol. The van der Waals surface area contributed by atoms with Gasteiger partial charge in [-0.05, 0) is 51.7 Å². The summed E-state index contributed by atoms with van der Waals surface area (Å²) in [6.07, 6.45) is 20.1. The number of carbonyl (C=O) groups excluding carboxylic acids is 1. The van der Waals surface area contributed by atoms with Crippen molar-refractivity contribution in [2.45, 2.75) is 41.0 Å². The highest BCUT2D eigenvalue weighted by molar-refractivity contribution is 5.66. The first-order valence-corrected chi connectivity index (χ1v) is 7.41. The average Bonchev–Trinajstić information content (AvgIpc) is 2.38. The lowest BCUT2D eigenvalue weighted by molar-refractivity contribution is -0.104. The molecule has 0 saturated heterocycles. The first-order chi connectivity index (χ1) is 9.95. The molecule has 0 radical (unpaired) electrons. The van der Waals surface area contributed by atoms with Gasteiger partial charge in [0.15, 0.2) is 0 Å². The van der Waals surface area contributed by atoms with E-state index in [9.17, 15) is 4.79 Å². The maximum atomic E-state index is 10.3. The molecule has 0 heterocycles. The Kier molecular flexibility index (Phi) is 10.8. The van der Waals surface area contributed by atoms with Gasteiger partial charge in [0.1, 0.15) is 6.29 Å². The third-order valence-electron chi connectivity index (χ3n) is 2.81. The molecule has 1 atom stereocenters. The van der Waals surface area contributed by atoms with Gasteiger partial charge in [0.05, 0.1) is 0 Å². The number of carbonyl (C=O) groups is 1. The molecule has 0 aliphatic carbocycles. The highest BCUT2D eigenvalue weighted by Gasteiger charge is 1.91. The zero-order valence-corrected chi connectivity index (χ0v) is 14.0. The molecule has 21 heavy (non-hydrogen) atoms. The zero-order chi connectivity index (χ0) is 16.1. The molecule has 0 N–H and O–H groups in total. The molecule has 0 spiro atoms. The summed E-state index contributed by atoms with van der Waals surface area (Å²) in [5.41, 5.74) is 3.47. The van der Waals surface area contributed by atoms with E-state index in [-0.39, 0.29) is 0 Å². The second-order valence-corrected chi connectivity index (χ2v) is 5.56. The van der Waals surface area contributed by atoms with Crippen molar-refractivity contribution in [3.05, 3.63) is 71.4 Å². The van der Waals surface area contributed by atoms with Crippen LogP contribution in [0.2, 0.25) is 0 Å². The van der Waals surface area contributed by atoms with Gasteiger partial charge >= 0.3 is 0 Å². The summed E-state index contributed by atoms with van der Waals surface area (Å²) in [6.45, 7) is 10.4. The molecular weight excluding hydrogens is 256 g/mol. The Morgan fingerprint density at radius 1 is 0.905 bits per heavy atom. The molecule has 0 fully saturated rings. The number of hydrogen-bond donors (Lipinski definition) is 0. The van der Waals surface area contributed by atoms with Crippen LogP contribution in [-0.4, -0.2) is 6.29 Å². The fourth-order valence-electron chi connectivity index (χ4n) is 1.55. The number of aldehydes is 1. The van der Waals surface area contributed by atoms with Crippen LogP contribution in [0.1, 0.15) is 41.0 Å². The smallest absolute Gasteiger partial charge is 0.143 e. The number of hydrogen-bond acceptors (Lipinski definition) is 1. The Morgan fingerprint density at radius 2 is 1.57 bits per heavy atom. The van der Waals surface area contributed by atoms with Crippen LogP contribution in [0.3, 0.4) is 0 Å². The molecular formula is C20H28O. The van der Waals surface area contributed by atoms with Crippen molar-refractivity contribution in [1.82, 2.24) is 0 Å². The zero-order valence-electron chi connectivity index (χ0n) is 14.0. The molecule has 0 saturated carbocycles. The van der Waals surface area contributed by atoms with Gasteiger partial charge in [0.25, 0.3) is 0 Å². The standard InChI is InChI=1S/C20H28O/c1-17(2)9-6-10-18(3)11-7-12-19(4)13-8-14-20(5)15-16-21/h6-10,12-16,18H,11H2,1-5H3. The molecule has 1 heteroatoms. The summed E-state index contributed by atoms with van der Waals surface area (Å²) >= 11 is 0. The van der Waals surface area contributed by atoms with Crippen molar-refractivity contribution in [3.63, 3.8) is 0 Å². The van der Waals surface area contributed by atoms with Crippen molar-refractivity contribution in [3.8, 4) is 0 Å². The van der Waals surface area contributed by atoms with E-state index in [4.69, 9.17) is 0 Å². The third kappa shape index (κ3) is 12.9. The minimum Gasteiger partial charge on any atom is -0.299 e. The van der Waals surface area contributed by atoms with Gasteiger partial charge in [-0.25, -0.2) is 0 Å². The van der Waals surface area contributed by atoms with Gasteiger partial charge in [-0.1, -0.05) is 66.7 Å². The molecule has 0 aromatic carbocycles. The first-order valence-electron chi connectivity index (χ1n) is 7.41. The SMILES string of the molecule is CC(C)=CC=CC(C)CC=CC(C)=CC=CC(C)=CC=O. The normalized spacial score (nSPS) is 15.1. The third-order valence-corrected chi connectivity index (χ3v) is 2.81. The van der Waals surface area contributed by atoms with Gasteiger partial charge in [0, 0.05) is 0 Å². The summed E-state index contributed by atoms with van der Waals surface area (Å²) in [5, 5.41) is 0. The Labute approximate surface area is 130 Å². The maximum Gasteiger partial charge on any atom is 0.143 e. The number of rotatable bonds is 8. The molecule has 0 rings (SSSR count). The topological polar surface area (TPSA) is 17.1 Å². The molecule has 0 aromatic rings. The van der Waals surface area contributed by atoms with E-state index in [0.29, 0.717) is 5.92 Å². The second kappa shape index (κ2) is 11.9. The van der Waals surface area contributed by atoms with Crippen molar-refractivity contribution >= 4 is 6.29 Å². The highest BCUT2D eigenvalue weighted by atomic mass is 16.1. The Bertz CT molecular complexity index is 478. The van der Waals surface area contributed by atoms with Crippen LogP contribution in [0.5, 0.6) is 0 Å². The molecule has 0 aliphatic heterocycles. The Morgan fingerprint density at radius 3 is 2.19 bits per heavy atom. The van der Waals surface area contributed by atoms with Gasteiger partial charge in [-0.2, -0.15) is 0 Å². The van der Waals surface area contributed by atoms with Crippen molar-refractivity contribution in [2.24, 2.45) is 5.92 Å². The van der Waals surface area contributed by atoms with E-state index in [1.54, 1.807) is 6.08 Å². The first kappa shape index (κ1) is 19.1. The Hall–Kier alpha value is -1.89. The van der Waals surface area contributed by atoms with Gasteiger partial charge in [0.2, 0.25) is 0 Å². The van der Waals surface area contributed by atoms with E-state index in [2.05, 4.69) is 58.1 Å². The fraction of sp³-hybridized carbons (Fsp3) is 0.350. The van der Waals surface area contributed by atoms with Crippen molar-refractivity contribution in [1.29, 1.82) is 0 Å².